The molecule has 0 fully saturated rings. The van der Waals surface area contributed by atoms with Crippen molar-refractivity contribution in [1.29, 1.82) is 0 Å². The Morgan fingerprint density at radius 3 is 1.77 bits per heavy atom. The predicted octanol–water partition coefficient (Wildman–Crippen LogP) is 17.6. The SMILES string of the molecule is [2H]C([2H])([2H])c1cc(-n2c3ccc(-c4ccccc4)cc3c3ccc(Oc4ccc5c(c4)C(n4[c](=[Pt])n(-c6c(-c7ccccc7)cc(C(C)(C)C)cc6-c6ccccc6)c6ccccc64)CC5)cc32)ncc1-c1ccccc1. The van der Waals surface area contributed by atoms with Crippen molar-refractivity contribution in [3.8, 4) is 67.5 Å². The van der Waals surface area contributed by atoms with Crippen LogP contribution in [0.15, 0.2) is 225 Å². The molecule has 0 radical (unpaired) electrons. The van der Waals surface area contributed by atoms with Gasteiger partial charge in [0, 0.05) is 15.9 Å². The molecule has 13 rings (SSSR count). The Hall–Kier alpha value is -8.11. The van der Waals surface area contributed by atoms with Crippen LogP contribution < -0.4 is 4.74 Å². The normalized spacial score (nSPS) is 14.3. The second-order valence-electron chi connectivity index (χ2n) is 20.4. The summed E-state index contributed by atoms with van der Waals surface area (Å²) in [6, 6.07) is 76.3. The quantitative estimate of drug-likeness (QED) is 0.144. The van der Waals surface area contributed by atoms with E-state index in [4.69, 9.17) is 13.8 Å². The number of hydrogen-bond donors (Lipinski definition) is 0. The summed E-state index contributed by atoms with van der Waals surface area (Å²) in [7, 11) is 0. The molecule has 3 aromatic heterocycles. The summed E-state index contributed by atoms with van der Waals surface area (Å²) < 4.78 is 41.3. The number of ether oxygens (including phenoxy) is 1. The van der Waals surface area contributed by atoms with Gasteiger partial charge in [-0.1, -0.05) is 66.7 Å². The van der Waals surface area contributed by atoms with E-state index >= 15 is 0 Å². The smallest absolute Gasteiger partial charge is 0.0374 e. The van der Waals surface area contributed by atoms with Gasteiger partial charge in [0.2, 0.25) is 0 Å². The van der Waals surface area contributed by atoms with Gasteiger partial charge < -0.3 is 0 Å². The molecule has 1 aliphatic rings. The van der Waals surface area contributed by atoms with Crippen molar-refractivity contribution in [3.63, 3.8) is 0 Å². The molecule has 5 nitrogen and oxygen atoms in total. The van der Waals surface area contributed by atoms with Gasteiger partial charge in [0.25, 0.3) is 0 Å². The topological polar surface area (TPSA) is 36.9 Å². The summed E-state index contributed by atoms with van der Waals surface area (Å²) in [6.07, 6.45) is 3.59. The number of imidazole rings is 1. The van der Waals surface area contributed by atoms with Gasteiger partial charge in [0.1, 0.15) is 0 Å². The van der Waals surface area contributed by atoms with Crippen molar-refractivity contribution in [3.05, 3.63) is 251 Å². The van der Waals surface area contributed by atoms with Gasteiger partial charge >= 0.3 is 315 Å². The largest absolute Gasteiger partial charge is 0.238 e. The van der Waals surface area contributed by atoms with Crippen LogP contribution in [0.25, 0.3) is 88.9 Å². The predicted molar refractivity (Wildman–Crippen MR) is 301 cm³/mol. The third-order valence-corrected chi connectivity index (χ3v) is 15.9. The molecule has 3 heterocycles. The average molecular weight is 1140 g/mol. The van der Waals surface area contributed by atoms with E-state index in [-0.39, 0.29) is 17.0 Å². The molecular weight excluding hydrogens is 1080 g/mol. The van der Waals surface area contributed by atoms with Crippen LogP contribution in [-0.2, 0) is 31.2 Å². The summed E-state index contributed by atoms with van der Waals surface area (Å²) in [6.45, 7) is 4.51. The van der Waals surface area contributed by atoms with Crippen LogP contribution in [0.3, 0.4) is 0 Å². The molecule has 0 aliphatic heterocycles. The van der Waals surface area contributed by atoms with Crippen LogP contribution in [0, 0.1) is 10.7 Å². The molecule has 74 heavy (non-hydrogen) atoms. The maximum absolute atomic E-state index is 8.69. The molecule has 0 amide bonds. The maximum Gasteiger partial charge on any atom is 0.0374 e. The minimum absolute atomic E-state index is 0.0440. The summed E-state index contributed by atoms with van der Waals surface area (Å²) in [5.74, 6) is 1.92. The van der Waals surface area contributed by atoms with E-state index in [2.05, 4.69) is 224 Å². The van der Waals surface area contributed by atoms with E-state index in [9.17, 15) is 0 Å². The molecule has 1 aliphatic carbocycles. The van der Waals surface area contributed by atoms with Crippen molar-refractivity contribution in [2.75, 3.05) is 0 Å². The number of rotatable bonds is 9. The second-order valence-corrected chi connectivity index (χ2v) is 21.4. The van der Waals surface area contributed by atoms with Crippen molar-refractivity contribution in [2.24, 2.45) is 0 Å². The minimum Gasteiger partial charge on any atom is -0.238 e. The first-order valence-electron chi connectivity index (χ1n) is 26.9. The fraction of sp³-hybridized carbons (Fsp3) is 0.118. The summed E-state index contributed by atoms with van der Waals surface area (Å²) in [5, 5.41) is 2.03. The van der Waals surface area contributed by atoms with Crippen molar-refractivity contribution >= 4 is 32.8 Å². The standard InChI is InChI=1S/C68H54N4O.Pt/c1-45-37-66(69-43-60(45)49-25-15-8-16-26-49)72-62-36-31-51(46-19-9-5-10-20-46)38-59(62)55-34-33-54(42-65(55)72)73-53-32-29-50-30-35-61(56(50)41-53)70-44-71(64-28-18-17-27-63(64)70)67-57(47-21-11-6-12-22-47)39-52(68(2,3)4)40-58(67)48-23-13-7-14-24-48;/h5-29,31-34,36-43,61H,30,35H2,1-4H3;/i1D3;. The number of fused-ring (bicyclic) bond motifs is 5. The van der Waals surface area contributed by atoms with Crippen LogP contribution in [-0.4, -0.2) is 18.7 Å². The van der Waals surface area contributed by atoms with Crippen molar-refractivity contribution in [2.45, 2.75) is 51.9 Å². The zero-order valence-corrected chi connectivity index (χ0v) is 43.6. The molecule has 0 saturated carbocycles. The number of hydrogen-bond acceptors (Lipinski definition) is 2. The first kappa shape index (κ1) is 42.4. The van der Waals surface area contributed by atoms with Gasteiger partial charge in [-0.2, -0.15) is 0 Å². The number of pyridine rings is 1. The van der Waals surface area contributed by atoms with Crippen LogP contribution in [0.5, 0.6) is 11.5 Å². The Morgan fingerprint density at radius 2 is 1.12 bits per heavy atom. The van der Waals surface area contributed by atoms with Gasteiger partial charge in [0.05, 0.1) is 0 Å². The Balaban J connectivity index is 0.938. The zero-order valence-electron chi connectivity index (χ0n) is 44.4. The first-order valence-corrected chi connectivity index (χ1v) is 26.5. The van der Waals surface area contributed by atoms with Gasteiger partial charge in [-0.25, -0.2) is 4.98 Å². The Labute approximate surface area is 447 Å². The van der Waals surface area contributed by atoms with E-state index in [1.165, 1.54) is 44.5 Å². The second kappa shape index (κ2) is 18.4. The van der Waals surface area contributed by atoms with E-state index in [1.807, 2.05) is 42.5 Å². The van der Waals surface area contributed by atoms with E-state index in [0.717, 1.165) is 72.1 Å². The van der Waals surface area contributed by atoms with Crippen LogP contribution in [0.4, 0.5) is 0 Å². The molecule has 0 spiro atoms. The molecule has 6 heteroatoms. The van der Waals surface area contributed by atoms with E-state index < -0.39 is 6.85 Å². The van der Waals surface area contributed by atoms with E-state index in [0.29, 0.717) is 17.1 Å². The van der Waals surface area contributed by atoms with Crippen LogP contribution in [0.1, 0.15) is 59.6 Å². The van der Waals surface area contributed by atoms with Crippen LogP contribution in [0.2, 0.25) is 0 Å². The average Bonchev–Trinajstić information content (AvgIpc) is 4.15. The number of aromatic nitrogens is 4. The molecule has 0 N–H and O–H groups in total. The molecule has 0 saturated heterocycles. The number of aryl methyl sites for hydroxylation is 2. The Bertz CT molecular complexity index is 4230. The Morgan fingerprint density at radius 1 is 0.527 bits per heavy atom. The fourth-order valence-electron chi connectivity index (χ4n) is 11.2. The molecular formula is C68H54N4OPt. The third kappa shape index (κ3) is 7.98. The molecule has 1 unspecified atom stereocenters. The first-order chi connectivity index (χ1) is 37.4. The van der Waals surface area contributed by atoms with Crippen molar-refractivity contribution in [1.82, 2.24) is 18.7 Å². The molecule has 1 atom stereocenters. The fourth-order valence-corrected chi connectivity index (χ4v) is 12.3. The summed E-state index contributed by atoms with van der Waals surface area (Å²) in [5.41, 5.74) is 17.6. The molecule has 9 aromatic carbocycles. The molecule has 12 aromatic rings. The Kier molecular flexibility index (Phi) is 10.6. The number of para-hydroxylation sites is 2. The summed E-state index contributed by atoms with van der Waals surface area (Å²) >= 11 is 2.58. The van der Waals surface area contributed by atoms with Crippen molar-refractivity contribution < 1.29 is 28.2 Å². The zero-order chi connectivity index (χ0) is 52.6. The minimum atomic E-state index is -2.39. The number of nitrogens with zero attached hydrogens (tertiary/aromatic N) is 4. The monoisotopic (exact) mass is 1140 g/mol. The number of benzene rings is 9. The maximum atomic E-state index is 8.69. The molecule has 0 bridgehead atoms. The van der Waals surface area contributed by atoms with Gasteiger partial charge in [0.15, 0.2) is 0 Å². The third-order valence-electron chi connectivity index (χ3n) is 14.9. The molecule has 362 valence electrons. The van der Waals surface area contributed by atoms with Gasteiger partial charge in [-0.05, 0) is 47.3 Å². The van der Waals surface area contributed by atoms with E-state index in [1.54, 1.807) is 12.3 Å². The van der Waals surface area contributed by atoms with Gasteiger partial charge in [-0.3, -0.25) is 0 Å². The van der Waals surface area contributed by atoms with Gasteiger partial charge in [-0.15, -0.1) is 0 Å². The summed E-state index contributed by atoms with van der Waals surface area (Å²) in [4.78, 5) is 5.01. The van der Waals surface area contributed by atoms with Crippen LogP contribution >= 0.6 is 0 Å².